The van der Waals surface area contributed by atoms with Crippen LogP contribution in [0, 0.1) is 6.92 Å². The molecule has 4 heteroatoms. The minimum Gasteiger partial charge on any atom is -0.496 e. The van der Waals surface area contributed by atoms with Gasteiger partial charge in [0.25, 0.3) is 5.78 Å². The molecule has 0 saturated carbocycles. The van der Waals surface area contributed by atoms with E-state index in [4.69, 9.17) is 4.74 Å². The Kier molecular flexibility index (Phi) is 3.44. The van der Waals surface area contributed by atoms with Gasteiger partial charge >= 0.3 is 5.97 Å². The molecule has 0 bridgehead atoms. The highest BCUT2D eigenvalue weighted by atomic mass is 16.5. The number of hydrogen-bond donors (Lipinski definition) is 0. The van der Waals surface area contributed by atoms with Gasteiger partial charge < -0.3 is 9.47 Å². The van der Waals surface area contributed by atoms with Crippen LogP contribution in [0.2, 0.25) is 0 Å². The van der Waals surface area contributed by atoms with Gasteiger partial charge in [0.05, 0.1) is 19.8 Å². The predicted octanol–water partition coefficient (Wildman–Crippen LogP) is 1.36. The summed E-state index contributed by atoms with van der Waals surface area (Å²) in [7, 11) is 2.61. The molecule has 0 aliphatic heterocycles. The first-order valence-corrected chi connectivity index (χ1v) is 4.37. The quantitative estimate of drug-likeness (QED) is 0.427. The minimum atomic E-state index is -0.890. The van der Waals surface area contributed by atoms with Gasteiger partial charge in [-0.1, -0.05) is 11.6 Å². The van der Waals surface area contributed by atoms with Crippen molar-refractivity contribution in [2.45, 2.75) is 6.92 Å². The van der Waals surface area contributed by atoms with Crippen molar-refractivity contribution in [3.05, 3.63) is 29.3 Å². The summed E-state index contributed by atoms with van der Waals surface area (Å²) in [6.07, 6.45) is 0. The maximum atomic E-state index is 11.6. The summed E-state index contributed by atoms with van der Waals surface area (Å²) in [4.78, 5) is 22.6. The van der Waals surface area contributed by atoms with Crippen molar-refractivity contribution in [1.29, 1.82) is 0 Å². The van der Waals surface area contributed by atoms with Gasteiger partial charge in [0.2, 0.25) is 0 Å². The van der Waals surface area contributed by atoms with Crippen LogP contribution in [0.3, 0.4) is 0 Å². The van der Waals surface area contributed by atoms with E-state index >= 15 is 0 Å². The second-order valence-electron chi connectivity index (χ2n) is 3.02. The molecule has 1 aromatic rings. The van der Waals surface area contributed by atoms with Crippen molar-refractivity contribution in [2.75, 3.05) is 14.2 Å². The summed E-state index contributed by atoms with van der Waals surface area (Å²) in [5.74, 6) is -1.21. The Hall–Kier alpha value is -1.84. The monoisotopic (exact) mass is 208 g/mol. The number of aryl methyl sites for hydroxylation is 1. The van der Waals surface area contributed by atoms with Crippen LogP contribution in [0.15, 0.2) is 18.2 Å². The first-order valence-electron chi connectivity index (χ1n) is 4.37. The molecule has 0 radical (unpaired) electrons. The van der Waals surface area contributed by atoms with E-state index < -0.39 is 11.8 Å². The lowest BCUT2D eigenvalue weighted by Crippen LogP contribution is -2.16. The smallest absolute Gasteiger partial charge is 0.379 e. The molecule has 1 aromatic carbocycles. The van der Waals surface area contributed by atoms with Gasteiger partial charge in [-0.05, 0) is 19.1 Å². The summed E-state index contributed by atoms with van der Waals surface area (Å²) < 4.78 is 9.35. The maximum Gasteiger partial charge on any atom is 0.379 e. The third kappa shape index (κ3) is 2.34. The maximum absolute atomic E-state index is 11.6. The van der Waals surface area contributed by atoms with Crippen molar-refractivity contribution in [3.8, 4) is 5.75 Å². The van der Waals surface area contributed by atoms with E-state index in [1.807, 2.05) is 6.92 Å². The van der Waals surface area contributed by atoms with E-state index in [0.717, 1.165) is 5.56 Å². The predicted molar refractivity (Wildman–Crippen MR) is 54.1 cm³/mol. The fourth-order valence-corrected chi connectivity index (χ4v) is 1.20. The zero-order chi connectivity index (χ0) is 11.4. The fourth-order valence-electron chi connectivity index (χ4n) is 1.20. The van der Waals surface area contributed by atoms with E-state index in [2.05, 4.69) is 4.74 Å². The lowest BCUT2D eigenvalue weighted by atomic mass is 10.1. The van der Waals surface area contributed by atoms with Crippen molar-refractivity contribution in [1.82, 2.24) is 0 Å². The molecular formula is C11H12O4. The molecule has 0 N–H and O–H groups in total. The van der Waals surface area contributed by atoms with Crippen LogP contribution in [-0.2, 0) is 9.53 Å². The molecule has 0 aliphatic rings. The van der Waals surface area contributed by atoms with Crippen LogP contribution in [-0.4, -0.2) is 26.0 Å². The molecule has 0 saturated heterocycles. The van der Waals surface area contributed by atoms with Crippen molar-refractivity contribution in [3.63, 3.8) is 0 Å². The molecule has 15 heavy (non-hydrogen) atoms. The molecule has 0 spiro atoms. The van der Waals surface area contributed by atoms with E-state index in [-0.39, 0.29) is 5.56 Å². The normalized spacial score (nSPS) is 9.53. The summed E-state index contributed by atoms with van der Waals surface area (Å²) >= 11 is 0. The topological polar surface area (TPSA) is 52.6 Å². The van der Waals surface area contributed by atoms with Gasteiger partial charge in [0, 0.05) is 0 Å². The van der Waals surface area contributed by atoms with E-state index in [1.54, 1.807) is 18.2 Å². The summed E-state index contributed by atoms with van der Waals surface area (Å²) in [5.41, 5.74) is 1.10. The first kappa shape index (κ1) is 11.2. The number of carbonyl (C=O) groups is 2. The Bertz CT molecular complexity index is 396. The number of methoxy groups -OCH3 is 2. The Labute approximate surface area is 87.8 Å². The van der Waals surface area contributed by atoms with Crippen molar-refractivity contribution in [2.24, 2.45) is 0 Å². The zero-order valence-corrected chi connectivity index (χ0v) is 8.87. The number of hydrogen-bond acceptors (Lipinski definition) is 4. The van der Waals surface area contributed by atoms with Gasteiger partial charge in [-0.25, -0.2) is 4.79 Å². The molecule has 80 valence electrons. The van der Waals surface area contributed by atoms with Gasteiger partial charge in [-0.2, -0.15) is 0 Å². The van der Waals surface area contributed by atoms with Gasteiger partial charge in [-0.3, -0.25) is 4.79 Å². The molecule has 0 atom stereocenters. The first-order chi connectivity index (χ1) is 7.10. The average molecular weight is 208 g/mol. The second kappa shape index (κ2) is 4.59. The average Bonchev–Trinajstić information content (AvgIpc) is 2.27. The highest BCUT2D eigenvalue weighted by molar-refractivity contribution is 6.41. The Balaban J connectivity index is 3.17. The SMILES string of the molecule is COC(=O)C(=O)c1cc(C)ccc1OC. The number of benzene rings is 1. The zero-order valence-electron chi connectivity index (χ0n) is 8.87. The highest BCUT2D eigenvalue weighted by Crippen LogP contribution is 2.20. The number of carbonyl (C=O) groups excluding carboxylic acids is 2. The molecule has 0 amide bonds. The minimum absolute atomic E-state index is 0.226. The number of Topliss-reactive ketones (excluding diaryl/α,β-unsaturated/α-hetero) is 1. The molecule has 0 heterocycles. The standard InChI is InChI=1S/C11H12O4/c1-7-4-5-9(14-2)8(6-7)10(12)11(13)15-3/h4-6H,1-3H3. The van der Waals surface area contributed by atoms with Crippen LogP contribution in [0.1, 0.15) is 15.9 Å². The van der Waals surface area contributed by atoms with Crippen molar-refractivity contribution >= 4 is 11.8 Å². The molecule has 0 fully saturated rings. The number of rotatable bonds is 3. The lowest BCUT2D eigenvalue weighted by Gasteiger charge is -2.06. The van der Waals surface area contributed by atoms with Crippen LogP contribution in [0.5, 0.6) is 5.75 Å². The van der Waals surface area contributed by atoms with E-state index in [1.165, 1.54) is 14.2 Å². The number of esters is 1. The molecular weight excluding hydrogens is 196 g/mol. The molecule has 0 aromatic heterocycles. The van der Waals surface area contributed by atoms with Crippen molar-refractivity contribution < 1.29 is 19.1 Å². The Morgan fingerprint density at radius 1 is 1.20 bits per heavy atom. The lowest BCUT2D eigenvalue weighted by molar-refractivity contribution is -0.135. The van der Waals surface area contributed by atoms with Crippen LogP contribution in [0.4, 0.5) is 0 Å². The van der Waals surface area contributed by atoms with Gasteiger partial charge in [0.1, 0.15) is 5.75 Å². The van der Waals surface area contributed by atoms with Crippen LogP contribution < -0.4 is 4.74 Å². The Morgan fingerprint density at radius 2 is 1.87 bits per heavy atom. The summed E-state index contributed by atoms with van der Waals surface area (Å²) in [5, 5.41) is 0. The van der Waals surface area contributed by atoms with Gasteiger partial charge in [-0.15, -0.1) is 0 Å². The highest BCUT2D eigenvalue weighted by Gasteiger charge is 2.20. The largest absolute Gasteiger partial charge is 0.496 e. The number of ketones is 1. The second-order valence-corrected chi connectivity index (χ2v) is 3.02. The molecule has 0 unspecified atom stereocenters. The fraction of sp³-hybridized carbons (Fsp3) is 0.273. The number of ether oxygens (including phenoxy) is 2. The Morgan fingerprint density at radius 3 is 2.40 bits per heavy atom. The third-order valence-corrected chi connectivity index (χ3v) is 1.97. The van der Waals surface area contributed by atoms with E-state index in [0.29, 0.717) is 5.75 Å². The molecule has 0 aliphatic carbocycles. The third-order valence-electron chi connectivity index (χ3n) is 1.97. The van der Waals surface area contributed by atoms with Gasteiger partial charge in [0.15, 0.2) is 0 Å². The molecule has 4 nitrogen and oxygen atoms in total. The van der Waals surface area contributed by atoms with E-state index in [9.17, 15) is 9.59 Å². The van der Waals surface area contributed by atoms with Crippen LogP contribution >= 0.6 is 0 Å². The van der Waals surface area contributed by atoms with Crippen LogP contribution in [0.25, 0.3) is 0 Å². The summed E-state index contributed by atoms with van der Waals surface area (Å²) in [6.45, 7) is 1.83. The summed E-state index contributed by atoms with van der Waals surface area (Å²) in [6, 6.07) is 5.04. The molecule has 1 rings (SSSR count).